The van der Waals surface area contributed by atoms with E-state index in [-0.39, 0.29) is 0 Å². The highest BCUT2D eigenvalue weighted by molar-refractivity contribution is 7.88. The Morgan fingerprint density at radius 1 is 1.15 bits per heavy atom. The molecule has 2 aromatic heterocycles. The Bertz CT molecular complexity index is 1290. The van der Waals surface area contributed by atoms with Crippen LogP contribution in [0.2, 0.25) is 10.0 Å². The first-order valence-electron chi connectivity index (χ1n) is 10.8. The molecule has 2 fully saturated rings. The average Bonchev–Trinajstić information content (AvgIpc) is 3.49. The molecule has 12 heteroatoms. The number of benzene rings is 1. The molecule has 176 valence electrons. The Kier molecular flexibility index (Phi) is 6.21. The van der Waals surface area contributed by atoms with E-state index in [0.29, 0.717) is 65.8 Å². The van der Waals surface area contributed by atoms with Crippen LogP contribution in [0.25, 0.3) is 11.0 Å². The molecule has 0 bridgehead atoms. The van der Waals surface area contributed by atoms with Crippen molar-refractivity contribution in [1.29, 1.82) is 0 Å². The Morgan fingerprint density at radius 3 is 2.61 bits per heavy atom. The van der Waals surface area contributed by atoms with Crippen molar-refractivity contribution in [2.24, 2.45) is 5.92 Å². The molecule has 1 saturated carbocycles. The lowest BCUT2D eigenvalue weighted by Gasteiger charge is -2.33. The Hall–Kier alpha value is -1.98. The van der Waals surface area contributed by atoms with Crippen molar-refractivity contribution in [3.05, 3.63) is 40.0 Å². The van der Waals surface area contributed by atoms with E-state index in [1.807, 2.05) is 22.9 Å². The van der Waals surface area contributed by atoms with E-state index in [0.717, 1.165) is 17.6 Å². The van der Waals surface area contributed by atoms with Crippen molar-refractivity contribution in [3.63, 3.8) is 0 Å². The molecule has 0 amide bonds. The van der Waals surface area contributed by atoms with Crippen LogP contribution in [0.4, 0.5) is 0 Å². The lowest BCUT2D eigenvalue weighted by molar-refractivity contribution is 0.180. The van der Waals surface area contributed by atoms with Crippen LogP contribution in [-0.2, 0) is 23.1 Å². The second kappa shape index (κ2) is 8.99. The van der Waals surface area contributed by atoms with Gasteiger partial charge in [-0.15, -0.1) is 5.10 Å². The summed E-state index contributed by atoms with van der Waals surface area (Å²) in [6.07, 6.45) is 5.22. The zero-order chi connectivity index (χ0) is 23.2. The van der Waals surface area contributed by atoms with Gasteiger partial charge in [-0.25, -0.2) is 18.1 Å². The predicted octanol–water partition coefficient (Wildman–Crippen LogP) is 3.41. The molecule has 5 rings (SSSR count). The van der Waals surface area contributed by atoms with Gasteiger partial charge in [-0.1, -0.05) is 28.4 Å². The Balaban J connectivity index is 1.35. The summed E-state index contributed by atoms with van der Waals surface area (Å²) in [7, 11) is -3.18. The smallest absolute Gasteiger partial charge is 0.223 e. The van der Waals surface area contributed by atoms with Gasteiger partial charge in [0.25, 0.3) is 0 Å². The third-order valence-electron chi connectivity index (χ3n) is 6.01. The molecule has 1 saturated heterocycles. The van der Waals surface area contributed by atoms with Crippen molar-refractivity contribution >= 4 is 44.3 Å². The van der Waals surface area contributed by atoms with Crippen molar-refractivity contribution in [2.75, 3.05) is 32.4 Å². The molecule has 33 heavy (non-hydrogen) atoms. The van der Waals surface area contributed by atoms with Gasteiger partial charge in [-0.05, 0) is 37.0 Å². The van der Waals surface area contributed by atoms with Crippen molar-refractivity contribution in [1.82, 2.24) is 29.2 Å². The zero-order valence-electron chi connectivity index (χ0n) is 18.1. The molecular formula is C21H24Cl2N6O3S. The lowest BCUT2D eigenvalue weighted by atomic mass is 10.2. The minimum Gasteiger partial charge on any atom is -0.437 e. The number of halogens is 2. The average molecular weight is 511 g/mol. The van der Waals surface area contributed by atoms with E-state index < -0.39 is 10.0 Å². The molecule has 1 aliphatic carbocycles. The summed E-state index contributed by atoms with van der Waals surface area (Å²) in [5.74, 6) is 1.52. The molecule has 0 N–H and O–H groups in total. The third-order valence-corrected chi connectivity index (χ3v) is 7.89. The maximum Gasteiger partial charge on any atom is 0.223 e. The maximum absolute atomic E-state index is 11.8. The van der Waals surface area contributed by atoms with Crippen molar-refractivity contribution < 1.29 is 13.2 Å². The monoisotopic (exact) mass is 510 g/mol. The molecule has 3 aromatic rings. The molecule has 2 aliphatic rings. The fourth-order valence-corrected chi connectivity index (χ4v) is 5.23. The second-order valence-electron chi connectivity index (χ2n) is 8.62. The normalized spacial score (nSPS) is 18.2. The van der Waals surface area contributed by atoms with Crippen LogP contribution in [0.5, 0.6) is 11.6 Å². The standard InChI is InChI=1S/C21H24Cl2N6O3S/c1-33(30,31)28-8-6-27(7-9-28)13-15-10-16(22)11-24-21(15)32-18-5-4-17-20(19(18)23)25-26-29(17)12-14-2-3-14/h4-5,10-11,14H,2-3,6-9,12-13H2,1H3. The summed E-state index contributed by atoms with van der Waals surface area (Å²) in [5.41, 5.74) is 2.28. The first-order valence-corrected chi connectivity index (χ1v) is 13.4. The van der Waals surface area contributed by atoms with Gasteiger partial charge in [0, 0.05) is 51.0 Å². The van der Waals surface area contributed by atoms with Gasteiger partial charge in [0.15, 0.2) is 5.75 Å². The number of hydrogen-bond acceptors (Lipinski definition) is 7. The quantitative estimate of drug-likeness (QED) is 0.480. The summed E-state index contributed by atoms with van der Waals surface area (Å²) in [6, 6.07) is 5.53. The molecule has 0 unspecified atom stereocenters. The first kappa shape index (κ1) is 22.8. The van der Waals surface area contributed by atoms with Crippen molar-refractivity contribution in [3.8, 4) is 11.6 Å². The van der Waals surface area contributed by atoms with E-state index in [2.05, 4.69) is 20.2 Å². The van der Waals surface area contributed by atoms with Crippen LogP contribution in [0.1, 0.15) is 18.4 Å². The minimum absolute atomic E-state index is 0.388. The molecule has 0 spiro atoms. The largest absolute Gasteiger partial charge is 0.437 e. The van der Waals surface area contributed by atoms with Crippen LogP contribution in [0.15, 0.2) is 24.4 Å². The number of rotatable bonds is 7. The predicted molar refractivity (Wildman–Crippen MR) is 126 cm³/mol. The zero-order valence-corrected chi connectivity index (χ0v) is 20.4. The number of nitrogens with zero attached hydrogens (tertiary/aromatic N) is 6. The van der Waals surface area contributed by atoms with Gasteiger partial charge in [0.2, 0.25) is 15.9 Å². The summed E-state index contributed by atoms with van der Waals surface area (Å²) >= 11 is 12.8. The van der Waals surface area contributed by atoms with Gasteiger partial charge in [0.05, 0.1) is 16.8 Å². The fraction of sp³-hybridized carbons (Fsp3) is 0.476. The number of hydrogen-bond donors (Lipinski definition) is 0. The van der Waals surface area contributed by atoms with E-state index in [1.54, 1.807) is 0 Å². The fourth-order valence-electron chi connectivity index (χ4n) is 3.98. The van der Waals surface area contributed by atoms with Crippen LogP contribution < -0.4 is 4.74 Å². The number of aromatic nitrogens is 4. The molecule has 9 nitrogen and oxygen atoms in total. The second-order valence-corrected chi connectivity index (χ2v) is 11.4. The van der Waals surface area contributed by atoms with E-state index in [1.165, 1.54) is 29.6 Å². The highest BCUT2D eigenvalue weighted by atomic mass is 35.5. The first-order chi connectivity index (χ1) is 15.8. The minimum atomic E-state index is -3.18. The number of piperazine rings is 1. The maximum atomic E-state index is 11.8. The van der Waals surface area contributed by atoms with Gasteiger partial charge < -0.3 is 4.74 Å². The van der Waals surface area contributed by atoms with Crippen LogP contribution in [-0.4, -0.2) is 70.0 Å². The SMILES string of the molecule is CS(=O)(=O)N1CCN(Cc2cc(Cl)cnc2Oc2ccc3c(nnn3CC3CC3)c2Cl)CC1. The van der Waals surface area contributed by atoms with Crippen LogP contribution in [0, 0.1) is 5.92 Å². The van der Waals surface area contributed by atoms with E-state index in [4.69, 9.17) is 27.9 Å². The molecule has 3 heterocycles. The topological polar surface area (TPSA) is 93.5 Å². The van der Waals surface area contributed by atoms with Gasteiger partial charge in [0.1, 0.15) is 10.5 Å². The summed E-state index contributed by atoms with van der Waals surface area (Å²) in [6.45, 7) is 3.48. The number of fused-ring (bicyclic) bond motifs is 1. The highest BCUT2D eigenvalue weighted by Crippen LogP contribution is 2.37. The molecule has 1 aliphatic heterocycles. The van der Waals surface area contributed by atoms with E-state index >= 15 is 0 Å². The van der Waals surface area contributed by atoms with E-state index in [9.17, 15) is 8.42 Å². The summed E-state index contributed by atoms with van der Waals surface area (Å²) in [5, 5.41) is 9.40. The van der Waals surface area contributed by atoms with Crippen LogP contribution in [0.3, 0.4) is 0 Å². The Labute approximate surface area is 202 Å². The Morgan fingerprint density at radius 2 is 1.91 bits per heavy atom. The molecule has 0 atom stereocenters. The molecule has 1 aromatic carbocycles. The number of ether oxygens (including phenoxy) is 1. The summed E-state index contributed by atoms with van der Waals surface area (Å²) in [4.78, 5) is 6.53. The lowest BCUT2D eigenvalue weighted by Crippen LogP contribution is -2.47. The number of pyridine rings is 1. The van der Waals surface area contributed by atoms with Gasteiger partial charge >= 0.3 is 0 Å². The molecule has 0 radical (unpaired) electrons. The summed E-state index contributed by atoms with van der Waals surface area (Å²) < 4.78 is 33.0. The van der Waals surface area contributed by atoms with Crippen LogP contribution >= 0.6 is 23.2 Å². The van der Waals surface area contributed by atoms with Gasteiger partial charge in [-0.2, -0.15) is 4.31 Å². The van der Waals surface area contributed by atoms with Gasteiger partial charge in [-0.3, -0.25) is 4.90 Å². The third kappa shape index (κ3) is 5.09. The number of sulfonamides is 1. The highest BCUT2D eigenvalue weighted by Gasteiger charge is 2.26. The molecular weight excluding hydrogens is 487 g/mol. The van der Waals surface area contributed by atoms with Crippen molar-refractivity contribution in [2.45, 2.75) is 25.9 Å².